The van der Waals surface area contributed by atoms with Crippen LogP contribution in [-0.4, -0.2) is 15.0 Å². The first-order valence-electron chi connectivity index (χ1n) is 4.08. The summed E-state index contributed by atoms with van der Waals surface area (Å²) in [6.07, 6.45) is 3.24. The summed E-state index contributed by atoms with van der Waals surface area (Å²) in [5.41, 5.74) is 1.82. The van der Waals surface area contributed by atoms with Gasteiger partial charge < -0.3 is 4.42 Å². The van der Waals surface area contributed by atoms with Crippen LogP contribution in [0.4, 0.5) is 0 Å². The largest absolute Gasteiger partial charge is 0.472 e. The summed E-state index contributed by atoms with van der Waals surface area (Å²) in [6.45, 7) is 3.69. The molecule has 72 valence electrons. The third-order valence-electron chi connectivity index (χ3n) is 1.82. The fourth-order valence-corrected chi connectivity index (χ4v) is 1.36. The molecule has 0 aliphatic carbocycles. The van der Waals surface area contributed by atoms with E-state index in [2.05, 4.69) is 15.0 Å². The van der Waals surface area contributed by atoms with Gasteiger partial charge in [0.15, 0.2) is 5.82 Å². The Morgan fingerprint density at radius 2 is 1.93 bits per heavy atom. The number of furan rings is 1. The molecule has 14 heavy (non-hydrogen) atoms. The highest BCUT2D eigenvalue weighted by atomic mass is 35.5. The molecule has 0 amide bonds. The van der Waals surface area contributed by atoms with Gasteiger partial charge in [-0.05, 0) is 31.0 Å². The Hall–Kier alpha value is -1.42. The number of hydrogen-bond donors (Lipinski definition) is 0. The average Bonchev–Trinajstić information content (AvgIpc) is 2.49. The van der Waals surface area contributed by atoms with Gasteiger partial charge in [-0.2, -0.15) is 4.98 Å². The Morgan fingerprint density at radius 1 is 1.14 bits per heavy atom. The minimum atomic E-state index is 0.202. The lowest BCUT2D eigenvalue weighted by Crippen LogP contribution is -1.96. The van der Waals surface area contributed by atoms with Gasteiger partial charge in [-0.15, -0.1) is 0 Å². The molecule has 0 spiro atoms. The number of rotatable bonds is 1. The Morgan fingerprint density at radius 3 is 2.50 bits per heavy atom. The van der Waals surface area contributed by atoms with Crippen LogP contribution in [0.15, 0.2) is 16.9 Å². The van der Waals surface area contributed by atoms with Gasteiger partial charge in [-0.1, -0.05) is 0 Å². The summed E-state index contributed by atoms with van der Waals surface area (Å²) in [5, 5.41) is 0.202. The lowest BCUT2D eigenvalue weighted by atomic mass is 10.2. The monoisotopic (exact) mass is 209 g/mol. The Kier molecular flexibility index (Phi) is 2.21. The zero-order chi connectivity index (χ0) is 10.1. The van der Waals surface area contributed by atoms with Gasteiger partial charge in [-0.3, -0.25) is 0 Å². The number of hydrogen-bond acceptors (Lipinski definition) is 4. The summed E-state index contributed by atoms with van der Waals surface area (Å²) in [4.78, 5) is 12.1. The van der Waals surface area contributed by atoms with Crippen molar-refractivity contribution in [2.45, 2.75) is 13.8 Å². The normalized spacial score (nSPS) is 10.5. The second-order valence-corrected chi connectivity index (χ2v) is 3.28. The topological polar surface area (TPSA) is 51.8 Å². The maximum Gasteiger partial charge on any atom is 0.226 e. The highest BCUT2D eigenvalue weighted by Gasteiger charge is 2.09. The van der Waals surface area contributed by atoms with Crippen LogP contribution in [0.3, 0.4) is 0 Å². The molecular formula is C9H8ClN3O. The minimum Gasteiger partial charge on any atom is -0.472 e. The van der Waals surface area contributed by atoms with Gasteiger partial charge >= 0.3 is 0 Å². The first-order chi connectivity index (χ1) is 6.66. The van der Waals surface area contributed by atoms with Crippen LogP contribution in [0.2, 0.25) is 5.28 Å². The second kappa shape index (κ2) is 3.38. The zero-order valence-corrected chi connectivity index (χ0v) is 8.54. The molecule has 2 aromatic rings. The van der Waals surface area contributed by atoms with Crippen molar-refractivity contribution in [2.75, 3.05) is 0 Å². The van der Waals surface area contributed by atoms with Crippen molar-refractivity contribution >= 4 is 11.6 Å². The molecule has 4 nitrogen and oxygen atoms in total. The highest BCUT2D eigenvalue weighted by Crippen LogP contribution is 2.21. The maximum absolute atomic E-state index is 5.73. The number of nitrogens with zero attached hydrogens (tertiary/aromatic N) is 3. The van der Waals surface area contributed by atoms with Crippen molar-refractivity contribution in [3.8, 4) is 11.4 Å². The van der Waals surface area contributed by atoms with E-state index in [0.717, 1.165) is 11.1 Å². The van der Waals surface area contributed by atoms with E-state index < -0.39 is 0 Å². The first-order valence-corrected chi connectivity index (χ1v) is 4.46. The Labute approximate surface area is 86.0 Å². The Balaban J connectivity index is 2.57. The summed E-state index contributed by atoms with van der Waals surface area (Å²) in [5.74, 6) is 1.15. The third-order valence-corrected chi connectivity index (χ3v) is 1.99. The predicted molar refractivity (Wildman–Crippen MR) is 52.0 cm³/mol. The van der Waals surface area contributed by atoms with Crippen LogP contribution in [-0.2, 0) is 0 Å². The van der Waals surface area contributed by atoms with E-state index in [1.54, 1.807) is 19.5 Å². The van der Waals surface area contributed by atoms with E-state index in [1.165, 1.54) is 0 Å². The van der Waals surface area contributed by atoms with Crippen molar-refractivity contribution in [1.82, 2.24) is 15.0 Å². The third kappa shape index (κ3) is 1.61. The highest BCUT2D eigenvalue weighted by molar-refractivity contribution is 6.28. The van der Waals surface area contributed by atoms with Gasteiger partial charge in [0.25, 0.3) is 0 Å². The molecule has 2 rings (SSSR count). The van der Waals surface area contributed by atoms with Crippen molar-refractivity contribution in [1.29, 1.82) is 0 Å². The predicted octanol–water partition coefficient (Wildman–Crippen LogP) is 2.40. The molecule has 0 aliphatic heterocycles. The molecule has 0 fully saturated rings. The molecule has 0 saturated heterocycles. The van der Waals surface area contributed by atoms with Gasteiger partial charge in [0.05, 0.1) is 11.8 Å². The van der Waals surface area contributed by atoms with Crippen LogP contribution in [0.25, 0.3) is 11.4 Å². The van der Waals surface area contributed by atoms with Crippen LogP contribution < -0.4 is 0 Å². The molecule has 2 heterocycles. The second-order valence-electron chi connectivity index (χ2n) is 2.94. The van der Waals surface area contributed by atoms with Crippen LogP contribution in [0.1, 0.15) is 11.4 Å². The molecule has 0 radical (unpaired) electrons. The van der Waals surface area contributed by atoms with E-state index in [9.17, 15) is 0 Å². The molecule has 2 aromatic heterocycles. The molecule has 0 aromatic carbocycles. The van der Waals surface area contributed by atoms with Crippen molar-refractivity contribution < 1.29 is 4.42 Å². The van der Waals surface area contributed by atoms with Crippen LogP contribution in [0.5, 0.6) is 0 Å². The summed E-state index contributed by atoms with van der Waals surface area (Å²) < 4.78 is 5.04. The number of aromatic nitrogens is 3. The fourth-order valence-electron chi connectivity index (χ4n) is 1.16. The van der Waals surface area contributed by atoms with Gasteiger partial charge in [0, 0.05) is 0 Å². The average molecular weight is 210 g/mol. The van der Waals surface area contributed by atoms with E-state index in [4.69, 9.17) is 16.0 Å². The van der Waals surface area contributed by atoms with Crippen molar-refractivity contribution in [3.63, 3.8) is 0 Å². The van der Waals surface area contributed by atoms with E-state index in [1.807, 2.05) is 6.92 Å². The summed E-state index contributed by atoms with van der Waals surface area (Å²) >= 11 is 5.73. The quantitative estimate of drug-likeness (QED) is 0.724. The summed E-state index contributed by atoms with van der Waals surface area (Å²) in [7, 11) is 0. The van der Waals surface area contributed by atoms with Gasteiger partial charge in [0.1, 0.15) is 12.1 Å². The minimum absolute atomic E-state index is 0.202. The molecule has 0 atom stereocenters. The van der Waals surface area contributed by atoms with Crippen molar-refractivity contribution in [3.05, 3.63) is 29.2 Å². The lowest BCUT2D eigenvalue weighted by molar-refractivity contribution is 0.566. The number of halogens is 1. The SMILES string of the molecule is Cc1nc(Cl)nc(-c2cocc2C)n1. The molecule has 0 bridgehead atoms. The van der Waals surface area contributed by atoms with Gasteiger partial charge in [-0.25, -0.2) is 9.97 Å². The van der Waals surface area contributed by atoms with E-state index in [-0.39, 0.29) is 5.28 Å². The molecular weight excluding hydrogens is 202 g/mol. The molecule has 5 heteroatoms. The van der Waals surface area contributed by atoms with E-state index in [0.29, 0.717) is 11.6 Å². The van der Waals surface area contributed by atoms with Crippen LogP contribution in [0, 0.1) is 13.8 Å². The fraction of sp³-hybridized carbons (Fsp3) is 0.222. The molecule has 0 aliphatic rings. The zero-order valence-electron chi connectivity index (χ0n) is 7.78. The maximum atomic E-state index is 5.73. The summed E-state index contributed by atoms with van der Waals surface area (Å²) in [6, 6.07) is 0. The van der Waals surface area contributed by atoms with E-state index >= 15 is 0 Å². The van der Waals surface area contributed by atoms with Crippen molar-refractivity contribution in [2.24, 2.45) is 0 Å². The Bertz CT molecular complexity index is 447. The standard InChI is InChI=1S/C9H8ClN3O/c1-5-3-14-4-7(5)8-11-6(2)12-9(10)13-8/h3-4H,1-2H3. The first kappa shape index (κ1) is 9.15. The molecule has 0 saturated carbocycles. The number of aryl methyl sites for hydroxylation is 2. The molecule has 0 N–H and O–H groups in total. The molecule has 0 unspecified atom stereocenters. The van der Waals surface area contributed by atoms with Crippen LogP contribution >= 0.6 is 11.6 Å². The van der Waals surface area contributed by atoms with Gasteiger partial charge in [0.2, 0.25) is 5.28 Å². The smallest absolute Gasteiger partial charge is 0.226 e. The lowest BCUT2D eigenvalue weighted by Gasteiger charge is -1.98.